The summed E-state index contributed by atoms with van der Waals surface area (Å²) >= 11 is 6.11. The first kappa shape index (κ1) is 11.2. The van der Waals surface area contributed by atoms with E-state index in [1.54, 1.807) is 11.3 Å². The second-order valence-corrected chi connectivity index (χ2v) is 4.72. The van der Waals surface area contributed by atoms with Crippen LogP contribution in [0.25, 0.3) is 0 Å². The molecule has 1 atom stereocenters. The lowest BCUT2D eigenvalue weighted by Gasteiger charge is -2.32. The molecule has 2 aliphatic rings. The molecule has 0 bridgehead atoms. The molecule has 1 saturated carbocycles. The number of alkyl halides is 1. The van der Waals surface area contributed by atoms with Crippen molar-refractivity contribution in [1.82, 2.24) is 5.06 Å². The van der Waals surface area contributed by atoms with E-state index in [-0.39, 0.29) is 12.7 Å². The lowest BCUT2D eigenvalue weighted by Crippen LogP contribution is -2.38. The molecular formula is C11H17ClFNO. The Labute approximate surface area is 95.0 Å². The van der Waals surface area contributed by atoms with Crippen LogP contribution >= 0.6 is 11.6 Å². The summed E-state index contributed by atoms with van der Waals surface area (Å²) in [5.74, 6) is 0.538. The Morgan fingerprint density at radius 2 is 2.13 bits per heavy atom. The highest BCUT2D eigenvalue weighted by molar-refractivity contribution is 6.30. The van der Waals surface area contributed by atoms with Crippen LogP contribution in [-0.4, -0.2) is 24.3 Å². The van der Waals surface area contributed by atoms with Gasteiger partial charge in [-0.05, 0) is 18.8 Å². The summed E-state index contributed by atoms with van der Waals surface area (Å²) < 4.78 is 12.3. The third-order valence-corrected chi connectivity index (χ3v) is 3.61. The molecule has 1 aliphatic carbocycles. The van der Waals surface area contributed by atoms with E-state index in [0.29, 0.717) is 12.5 Å². The van der Waals surface area contributed by atoms with Gasteiger partial charge in [0.2, 0.25) is 0 Å². The summed E-state index contributed by atoms with van der Waals surface area (Å²) in [4.78, 5) is 5.27. The Hall–Kier alpha value is -0.280. The summed E-state index contributed by atoms with van der Waals surface area (Å²) in [7, 11) is 0. The first-order valence-electron chi connectivity index (χ1n) is 5.68. The average Bonchev–Trinajstić information content (AvgIpc) is 2.62. The number of halogens is 2. The molecule has 2 nitrogen and oxygen atoms in total. The minimum atomic E-state index is -0.388. The van der Waals surface area contributed by atoms with Gasteiger partial charge in [-0.15, -0.1) is 5.06 Å². The van der Waals surface area contributed by atoms with E-state index in [4.69, 9.17) is 16.4 Å². The van der Waals surface area contributed by atoms with E-state index < -0.39 is 0 Å². The molecule has 1 aliphatic heterocycles. The number of hydrogen-bond donors (Lipinski definition) is 0. The Kier molecular flexibility index (Phi) is 3.87. The van der Waals surface area contributed by atoms with Crippen molar-refractivity contribution in [2.75, 3.05) is 13.2 Å². The van der Waals surface area contributed by atoms with E-state index in [1.165, 1.54) is 32.1 Å². The molecule has 0 spiro atoms. The van der Waals surface area contributed by atoms with Crippen LogP contribution in [-0.2, 0) is 4.84 Å². The molecule has 15 heavy (non-hydrogen) atoms. The van der Waals surface area contributed by atoms with Gasteiger partial charge in [0, 0.05) is 0 Å². The largest absolute Gasteiger partial charge is 0.412 e. The quantitative estimate of drug-likeness (QED) is 0.742. The summed E-state index contributed by atoms with van der Waals surface area (Å²) in [5.41, 5.74) is 0. The highest BCUT2D eigenvalue weighted by Crippen LogP contribution is 2.36. The second kappa shape index (κ2) is 5.17. The van der Waals surface area contributed by atoms with Crippen LogP contribution < -0.4 is 0 Å². The Bertz CT molecular complexity index is 241. The molecule has 0 saturated heterocycles. The number of rotatable bonds is 3. The minimum absolute atomic E-state index is 0.0997. The van der Waals surface area contributed by atoms with Gasteiger partial charge in [0.05, 0.1) is 17.6 Å². The number of hydrogen-bond acceptors (Lipinski definition) is 2. The molecular weight excluding hydrogens is 217 g/mol. The van der Waals surface area contributed by atoms with Gasteiger partial charge in [0.1, 0.15) is 12.9 Å². The fourth-order valence-electron chi connectivity index (χ4n) is 2.58. The zero-order chi connectivity index (χ0) is 10.7. The van der Waals surface area contributed by atoms with Gasteiger partial charge in [-0.1, -0.05) is 30.9 Å². The van der Waals surface area contributed by atoms with Gasteiger partial charge in [0.25, 0.3) is 0 Å². The van der Waals surface area contributed by atoms with Gasteiger partial charge < -0.3 is 4.84 Å². The van der Waals surface area contributed by atoms with Crippen molar-refractivity contribution < 1.29 is 9.23 Å². The average molecular weight is 234 g/mol. The molecule has 2 rings (SSSR count). The van der Waals surface area contributed by atoms with Crippen molar-refractivity contribution >= 4 is 11.6 Å². The lowest BCUT2D eigenvalue weighted by atomic mass is 9.84. The van der Waals surface area contributed by atoms with Crippen molar-refractivity contribution in [1.29, 1.82) is 0 Å². The molecule has 1 heterocycles. The third-order valence-electron chi connectivity index (χ3n) is 3.29. The molecule has 0 amide bonds. The van der Waals surface area contributed by atoms with E-state index in [2.05, 4.69) is 0 Å². The van der Waals surface area contributed by atoms with Crippen molar-refractivity contribution in [3.63, 3.8) is 0 Å². The molecule has 0 aromatic carbocycles. The van der Waals surface area contributed by atoms with Gasteiger partial charge >= 0.3 is 0 Å². The predicted molar refractivity (Wildman–Crippen MR) is 58.1 cm³/mol. The van der Waals surface area contributed by atoms with Gasteiger partial charge in [-0.2, -0.15) is 0 Å². The van der Waals surface area contributed by atoms with Crippen LogP contribution in [0.15, 0.2) is 11.3 Å². The third kappa shape index (κ3) is 2.45. The topological polar surface area (TPSA) is 12.5 Å². The highest BCUT2D eigenvalue weighted by Gasteiger charge is 2.35. The van der Waals surface area contributed by atoms with Crippen molar-refractivity contribution in [3.8, 4) is 0 Å². The van der Waals surface area contributed by atoms with Crippen LogP contribution in [0.4, 0.5) is 4.39 Å². The molecule has 0 N–H and O–H groups in total. The summed E-state index contributed by atoms with van der Waals surface area (Å²) in [6.07, 6.45) is 7.75. The van der Waals surface area contributed by atoms with Crippen molar-refractivity contribution in [3.05, 3.63) is 11.3 Å². The van der Waals surface area contributed by atoms with E-state index in [0.717, 1.165) is 5.03 Å². The molecule has 86 valence electrons. The molecule has 4 heteroatoms. The van der Waals surface area contributed by atoms with Gasteiger partial charge in [-0.3, -0.25) is 0 Å². The fourth-order valence-corrected chi connectivity index (χ4v) is 2.90. The zero-order valence-corrected chi connectivity index (χ0v) is 9.55. The normalized spacial score (nSPS) is 28.9. The minimum Gasteiger partial charge on any atom is -0.412 e. The smallest absolute Gasteiger partial charge is 0.127 e. The van der Waals surface area contributed by atoms with E-state index in [1.807, 2.05) is 0 Å². The Balaban J connectivity index is 1.99. The summed E-state index contributed by atoms with van der Waals surface area (Å²) in [5, 5.41) is 2.42. The van der Waals surface area contributed by atoms with Crippen LogP contribution in [0.5, 0.6) is 0 Å². The number of hydroxylamine groups is 2. The maximum atomic E-state index is 12.3. The van der Waals surface area contributed by atoms with Crippen LogP contribution in [0, 0.1) is 5.92 Å². The maximum absolute atomic E-state index is 12.3. The first-order chi connectivity index (χ1) is 7.33. The molecule has 1 unspecified atom stereocenters. The highest BCUT2D eigenvalue weighted by atomic mass is 35.5. The monoisotopic (exact) mass is 233 g/mol. The van der Waals surface area contributed by atoms with Crippen LogP contribution in [0.2, 0.25) is 0 Å². The predicted octanol–water partition coefficient (Wildman–Crippen LogP) is 3.23. The molecule has 0 aromatic rings. The molecule has 1 fully saturated rings. The molecule has 0 radical (unpaired) electrons. The van der Waals surface area contributed by atoms with Crippen LogP contribution in [0.1, 0.15) is 32.1 Å². The van der Waals surface area contributed by atoms with Crippen molar-refractivity contribution in [2.24, 2.45) is 5.92 Å². The summed E-state index contributed by atoms with van der Waals surface area (Å²) in [6.45, 7) is -0.0743. The first-order valence-corrected chi connectivity index (χ1v) is 6.05. The summed E-state index contributed by atoms with van der Waals surface area (Å²) in [6, 6.07) is 0.0997. The van der Waals surface area contributed by atoms with E-state index >= 15 is 0 Å². The van der Waals surface area contributed by atoms with Crippen molar-refractivity contribution in [2.45, 2.75) is 38.1 Å². The van der Waals surface area contributed by atoms with Gasteiger partial charge in [-0.25, -0.2) is 4.39 Å². The Morgan fingerprint density at radius 1 is 1.40 bits per heavy atom. The number of nitrogens with zero attached hydrogens (tertiary/aromatic N) is 1. The lowest BCUT2D eigenvalue weighted by molar-refractivity contribution is -0.121. The maximum Gasteiger partial charge on any atom is 0.127 e. The van der Waals surface area contributed by atoms with Crippen LogP contribution in [0.3, 0.4) is 0 Å². The zero-order valence-electron chi connectivity index (χ0n) is 8.79. The Morgan fingerprint density at radius 3 is 2.80 bits per heavy atom. The fraction of sp³-hybridized carbons (Fsp3) is 0.818. The second-order valence-electron chi connectivity index (χ2n) is 4.28. The standard InChI is InChI=1S/C11H17ClFNO/c12-10-8-15-14(7-6-13)11(10)9-4-2-1-3-5-9/h8-9,11H,1-7H2. The SMILES string of the molecule is FCCN1OC=C(Cl)C1C1CCCCC1. The van der Waals surface area contributed by atoms with E-state index in [9.17, 15) is 4.39 Å². The molecule has 0 aromatic heterocycles. The van der Waals surface area contributed by atoms with Gasteiger partial charge in [0.15, 0.2) is 0 Å².